The minimum Gasteiger partial charge on any atom is -0.354 e. The number of rotatable bonds is 7. The Labute approximate surface area is 150 Å². The maximum Gasteiger partial charge on any atom is 0.221 e. The Balaban J connectivity index is 1.58. The van der Waals surface area contributed by atoms with Crippen molar-refractivity contribution in [2.45, 2.75) is 31.3 Å². The topological polar surface area (TPSA) is 58.4 Å². The summed E-state index contributed by atoms with van der Waals surface area (Å²) < 4.78 is 0. The summed E-state index contributed by atoms with van der Waals surface area (Å²) in [5.41, 5.74) is 8.42. The summed E-state index contributed by atoms with van der Waals surface area (Å²) in [6, 6.07) is 20.2. The predicted molar refractivity (Wildman–Crippen MR) is 101 cm³/mol. The number of carbonyl (C=O) groups is 1. The number of nitrogens with one attached hydrogen (secondary N) is 1. The Bertz CT molecular complexity index is 653. The molecule has 1 fully saturated rings. The molecule has 4 nitrogen and oxygen atoms in total. The van der Waals surface area contributed by atoms with E-state index in [1.807, 2.05) is 36.4 Å². The summed E-state index contributed by atoms with van der Waals surface area (Å²) in [5, 5.41) is 3.10. The van der Waals surface area contributed by atoms with Crippen LogP contribution in [-0.2, 0) is 4.79 Å². The fourth-order valence-corrected chi connectivity index (χ4v) is 3.49. The van der Waals surface area contributed by atoms with E-state index in [0.29, 0.717) is 13.0 Å². The lowest BCUT2D eigenvalue weighted by molar-refractivity contribution is -0.121. The Morgan fingerprint density at radius 3 is 2.12 bits per heavy atom. The van der Waals surface area contributed by atoms with E-state index < -0.39 is 0 Å². The first kappa shape index (κ1) is 17.6. The van der Waals surface area contributed by atoms with Gasteiger partial charge in [-0.05, 0) is 37.1 Å². The SMILES string of the molecule is NC(CC(=O)NCC(c1ccccc1)N1CCCC1)c1ccccc1. The van der Waals surface area contributed by atoms with Gasteiger partial charge >= 0.3 is 0 Å². The molecule has 132 valence electrons. The van der Waals surface area contributed by atoms with Crippen LogP contribution in [0.4, 0.5) is 0 Å². The Morgan fingerprint density at radius 1 is 0.960 bits per heavy atom. The number of carbonyl (C=O) groups excluding carboxylic acids is 1. The zero-order valence-electron chi connectivity index (χ0n) is 14.6. The summed E-state index contributed by atoms with van der Waals surface area (Å²) in [6.07, 6.45) is 2.78. The van der Waals surface area contributed by atoms with Gasteiger partial charge in [-0.2, -0.15) is 0 Å². The van der Waals surface area contributed by atoms with Crippen LogP contribution in [-0.4, -0.2) is 30.4 Å². The highest BCUT2D eigenvalue weighted by Gasteiger charge is 2.24. The standard InChI is InChI=1S/C21H27N3O/c22-19(17-9-3-1-4-10-17)15-21(25)23-16-20(24-13-7-8-14-24)18-11-5-2-6-12-18/h1-6,9-12,19-20H,7-8,13-16,22H2,(H,23,25). The van der Waals surface area contributed by atoms with Gasteiger partial charge in [0, 0.05) is 19.0 Å². The van der Waals surface area contributed by atoms with E-state index in [1.165, 1.54) is 18.4 Å². The van der Waals surface area contributed by atoms with Crippen LogP contribution >= 0.6 is 0 Å². The Morgan fingerprint density at radius 2 is 1.52 bits per heavy atom. The minimum atomic E-state index is -0.261. The highest BCUT2D eigenvalue weighted by atomic mass is 16.1. The van der Waals surface area contributed by atoms with Crippen LogP contribution in [0.25, 0.3) is 0 Å². The average Bonchev–Trinajstić information content (AvgIpc) is 3.18. The van der Waals surface area contributed by atoms with E-state index >= 15 is 0 Å². The molecule has 0 aromatic heterocycles. The summed E-state index contributed by atoms with van der Waals surface area (Å²) >= 11 is 0. The zero-order chi connectivity index (χ0) is 17.5. The molecule has 0 bridgehead atoms. The smallest absolute Gasteiger partial charge is 0.221 e. The molecule has 1 aliphatic rings. The highest BCUT2D eigenvalue weighted by Crippen LogP contribution is 2.24. The van der Waals surface area contributed by atoms with Crippen molar-refractivity contribution in [1.82, 2.24) is 10.2 Å². The summed E-state index contributed by atoms with van der Waals surface area (Å²) in [5.74, 6) is 0.0106. The molecular weight excluding hydrogens is 310 g/mol. The van der Waals surface area contributed by atoms with E-state index in [1.54, 1.807) is 0 Å². The van der Waals surface area contributed by atoms with Crippen molar-refractivity contribution in [2.24, 2.45) is 5.73 Å². The van der Waals surface area contributed by atoms with E-state index in [9.17, 15) is 4.79 Å². The van der Waals surface area contributed by atoms with Crippen LogP contribution in [0, 0.1) is 0 Å². The van der Waals surface area contributed by atoms with Crippen molar-refractivity contribution < 1.29 is 4.79 Å². The number of amides is 1. The molecule has 2 unspecified atom stereocenters. The van der Waals surface area contributed by atoms with Gasteiger partial charge in [0.05, 0.1) is 6.04 Å². The van der Waals surface area contributed by atoms with Crippen LogP contribution in [0.5, 0.6) is 0 Å². The third-order valence-corrected chi connectivity index (χ3v) is 4.89. The lowest BCUT2D eigenvalue weighted by atomic mass is 10.0. The van der Waals surface area contributed by atoms with Crippen LogP contribution in [0.1, 0.15) is 42.5 Å². The van der Waals surface area contributed by atoms with Gasteiger partial charge in [-0.15, -0.1) is 0 Å². The third kappa shape index (κ3) is 4.91. The molecule has 25 heavy (non-hydrogen) atoms. The van der Waals surface area contributed by atoms with Crippen LogP contribution < -0.4 is 11.1 Å². The molecule has 2 aromatic rings. The van der Waals surface area contributed by atoms with Gasteiger partial charge in [0.25, 0.3) is 0 Å². The van der Waals surface area contributed by atoms with Crippen molar-refractivity contribution in [3.63, 3.8) is 0 Å². The molecule has 0 aliphatic carbocycles. The number of nitrogens with two attached hydrogens (primary N) is 1. The lowest BCUT2D eigenvalue weighted by Crippen LogP contribution is -2.37. The molecular formula is C21H27N3O. The maximum absolute atomic E-state index is 12.4. The summed E-state index contributed by atoms with van der Waals surface area (Å²) in [7, 11) is 0. The van der Waals surface area contributed by atoms with E-state index in [0.717, 1.165) is 18.7 Å². The first-order chi connectivity index (χ1) is 12.2. The fraction of sp³-hybridized carbons (Fsp3) is 0.381. The van der Waals surface area contributed by atoms with Crippen molar-refractivity contribution in [3.05, 3.63) is 71.8 Å². The number of benzene rings is 2. The molecule has 1 saturated heterocycles. The monoisotopic (exact) mass is 337 g/mol. The van der Waals surface area contributed by atoms with Gasteiger partial charge in [-0.1, -0.05) is 60.7 Å². The normalized spacial score (nSPS) is 17.2. The maximum atomic E-state index is 12.4. The quantitative estimate of drug-likeness (QED) is 0.816. The van der Waals surface area contributed by atoms with Gasteiger partial charge < -0.3 is 11.1 Å². The van der Waals surface area contributed by atoms with Gasteiger partial charge in [0.1, 0.15) is 0 Å². The van der Waals surface area contributed by atoms with Gasteiger partial charge in [0.15, 0.2) is 0 Å². The first-order valence-corrected chi connectivity index (χ1v) is 9.10. The molecule has 1 amide bonds. The fourth-order valence-electron chi connectivity index (χ4n) is 3.49. The van der Waals surface area contributed by atoms with Crippen LogP contribution in [0.2, 0.25) is 0 Å². The summed E-state index contributed by atoms with van der Waals surface area (Å²) in [4.78, 5) is 14.8. The molecule has 0 saturated carbocycles. The first-order valence-electron chi connectivity index (χ1n) is 9.10. The Hall–Kier alpha value is -2.17. The third-order valence-electron chi connectivity index (χ3n) is 4.89. The predicted octanol–water partition coefficient (Wildman–Crippen LogP) is 3.03. The lowest BCUT2D eigenvalue weighted by Gasteiger charge is -2.28. The molecule has 3 rings (SSSR count). The van der Waals surface area contributed by atoms with Crippen molar-refractivity contribution in [2.75, 3.05) is 19.6 Å². The zero-order valence-corrected chi connectivity index (χ0v) is 14.6. The molecule has 0 spiro atoms. The molecule has 1 aliphatic heterocycles. The molecule has 4 heteroatoms. The van der Waals surface area contributed by atoms with E-state index in [4.69, 9.17) is 5.73 Å². The number of nitrogens with zero attached hydrogens (tertiary/aromatic N) is 1. The van der Waals surface area contributed by atoms with Crippen LogP contribution in [0.3, 0.4) is 0 Å². The van der Waals surface area contributed by atoms with E-state index in [-0.39, 0.29) is 18.0 Å². The van der Waals surface area contributed by atoms with E-state index in [2.05, 4.69) is 34.5 Å². The number of hydrogen-bond donors (Lipinski definition) is 2. The second kappa shape index (κ2) is 8.79. The second-order valence-electron chi connectivity index (χ2n) is 6.69. The van der Waals surface area contributed by atoms with Gasteiger partial charge in [-0.25, -0.2) is 0 Å². The largest absolute Gasteiger partial charge is 0.354 e. The van der Waals surface area contributed by atoms with Crippen molar-refractivity contribution in [1.29, 1.82) is 0 Å². The molecule has 0 radical (unpaired) electrons. The average molecular weight is 337 g/mol. The molecule has 3 N–H and O–H groups in total. The summed E-state index contributed by atoms with van der Waals surface area (Å²) in [6.45, 7) is 2.82. The van der Waals surface area contributed by atoms with Crippen molar-refractivity contribution in [3.8, 4) is 0 Å². The highest BCUT2D eigenvalue weighted by molar-refractivity contribution is 5.76. The van der Waals surface area contributed by atoms with Crippen molar-refractivity contribution >= 4 is 5.91 Å². The number of hydrogen-bond acceptors (Lipinski definition) is 3. The molecule has 1 heterocycles. The number of likely N-dealkylation sites (tertiary alicyclic amines) is 1. The minimum absolute atomic E-state index is 0.0106. The van der Waals surface area contributed by atoms with Gasteiger partial charge in [0.2, 0.25) is 5.91 Å². The van der Waals surface area contributed by atoms with Crippen LogP contribution in [0.15, 0.2) is 60.7 Å². The second-order valence-corrected chi connectivity index (χ2v) is 6.69. The Kier molecular flexibility index (Phi) is 6.20. The van der Waals surface area contributed by atoms with Gasteiger partial charge in [-0.3, -0.25) is 9.69 Å². The molecule has 2 atom stereocenters. The molecule has 2 aromatic carbocycles.